The Labute approximate surface area is 295 Å². The average Bonchev–Trinajstić information content (AvgIpc) is 3.14. The molecule has 0 saturated carbocycles. The van der Waals surface area contributed by atoms with Gasteiger partial charge in [0.2, 0.25) is 5.91 Å². The molecular formula is C40H37N3O6S. The number of anilines is 2. The van der Waals surface area contributed by atoms with Crippen molar-refractivity contribution >= 4 is 46.9 Å². The fraction of sp³-hybridized carbons (Fsp3) is 0.125. The highest BCUT2D eigenvalue weighted by molar-refractivity contribution is 8.00. The first kappa shape index (κ1) is 35.3. The van der Waals surface area contributed by atoms with Gasteiger partial charge in [0.25, 0.3) is 11.8 Å². The number of aryl methyl sites for hydroxylation is 1. The molecular weight excluding hydrogens is 651 g/mol. The predicted octanol–water partition coefficient (Wildman–Crippen LogP) is 7.90. The zero-order valence-electron chi connectivity index (χ0n) is 28.1. The van der Waals surface area contributed by atoms with Crippen molar-refractivity contribution < 1.29 is 28.6 Å². The summed E-state index contributed by atoms with van der Waals surface area (Å²) in [4.78, 5) is 41.5. The molecule has 0 radical (unpaired) electrons. The normalized spacial score (nSPS) is 11.6. The van der Waals surface area contributed by atoms with E-state index in [0.29, 0.717) is 39.8 Å². The maximum Gasteiger partial charge on any atom is 0.272 e. The van der Waals surface area contributed by atoms with Gasteiger partial charge in [-0.25, -0.2) is 0 Å². The van der Waals surface area contributed by atoms with Crippen LogP contribution in [0.1, 0.15) is 32.3 Å². The van der Waals surface area contributed by atoms with Gasteiger partial charge in [0.05, 0.1) is 21.3 Å². The zero-order valence-corrected chi connectivity index (χ0v) is 28.9. The lowest BCUT2D eigenvalue weighted by Crippen LogP contribution is -2.30. The first-order chi connectivity index (χ1) is 24.3. The van der Waals surface area contributed by atoms with Crippen LogP contribution in [0.25, 0.3) is 6.08 Å². The summed E-state index contributed by atoms with van der Waals surface area (Å²) in [5.74, 6) is 0.0237. The van der Waals surface area contributed by atoms with Gasteiger partial charge in [-0.05, 0) is 72.7 Å². The van der Waals surface area contributed by atoms with E-state index in [0.717, 1.165) is 16.0 Å². The molecule has 1 atom stereocenters. The molecule has 0 heterocycles. The van der Waals surface area contributed by atoms with E-state index in [1.165, 1.54) is 39.2 Å². The maximum atomic E-state index is 13.9. The van der Waals surface area contributed by atoms with E-state index in [1.54, 1.807) is 60.7 Å². The van der Waals surface area contributed by atoms with Crippen LogP contribution in [-0.4, -0.2) is 39.1 Å². The second-order valence-corrected chi connectivity index (χ2v) is 12.3. The average molecular weight is 688 g/mol. The lowest BCUT2D eigenvalue weighted by molar-refractivity contribution is -0.116. The Morgan fingerprint density at radius 3 is 1.94 bits per heavy atom. The fourth-order valence-electron chi connectivity index (χ4n) is 5.08. The van der Waals surface area contributed by atoms with Crippen LogP contribution in [0.4, 0.5) is 11.4 Å². The number of carbonyl (C=O) groups is 3. The minimum absolute atomic E-state index is 0.0397. The first-order valence-electron chi connectivity index (χ1n) is 15.7. The fourth-order valence-corrected chi connectivity index (χ4v) is 6.16. The van der Waals surface area contributed by atoms with E-state index >= 15 is 0 Å². The van der Waals surface area contributed by atoms with Gasteiger partial charge >= 0.3 is 0 Å². The molecule has 1 unspecified atom stereocenters. The molecule has 0 aliphatic carbocycles. The quantitative estimate of drug-likeness (QED) is 0.0852. The summed E-state index contributed by atoms with van der Waals surface area (Å²) in [7, 11) is 4.51. The summed E-state index contributed by atoms with van der Waals surface area (Å²) < 4.78 is 16.4. The van der Waals surface area contributed by atoms with Crippen molar-refractivity contribution in [2.24, 2.45) is 0 Å². The summed E-state index contributed by atoms with van der Waals surface area (Å²) in [6.07, 6.45) is 1.51. The second kappa shape index (κ2) is 16.9. The number of benzene rings is 5. The Morgan fingerprint density at radius 1 is 0.660 bits per heavy atom. The number of hydrogen-bond donors (Lipinski definition) is 3. The molecule has 254 valence electrons. The van der Waals surface area contributed by atoms with Crippen molar-refractivity contribution in [3.63, 3.8) is 0 Å². The molecule has 0 aromatic heterocycles. The van der Waals surface area contributed by atoms with E-state index in [2.05, 4.69) is 16.0 Å². The molecule has 0 aliphatic rings. The molecule has 50 heavy (non-hydrogen) atoms. The number of nitrogens with one attached hydrogen (secondary N) is 3. The van der Waals surface area contributed by atoms with E-state index < -0.39 is 17.1 Å². The molecule has 0 saturated heterocycles. The summed E-state index contributed by atoms with van der Waals surface area (Å²) >= 11 is 1.36. The SMILES string of the molecule is COc1cc(OC)c(OC)cc1/C=C(/NC(=O)c1ccccc1)C(=O)Nc1cccc(SC(C(=O)Nc2cccc(C)c2)c2ccccc2)c1. The van der Waals surface area contributed by atoms with Crippen molar-refractivity contribution in [2.75, 3.05) is 32.0 Å². The molecule has 0 fully saturated rings. The second-order valence-electron chi connectivity index (χ2n) is 11.1. The number of methoxy groups -OCH3 is 3. The predicted molar refractivity (Wildman–Crippen MR) is 198 cm³/mol. The Balaban J connectivity index is 1.44. The Morgan fingerprint density at radius 2 is 1.28 bits per heavy atom. The summed E-state index contributed by atoms with van der Waals surface area (Å²) in [5, 5.41) is 8.11. The van der Waals surface area contributed by atoms with E-state index in [4.69, 9.17) is 14.2 Å². The van der Waals surface area contributed by atoms with Crippen molar-refractivity contribution in [1.29, 1.82) is 0 Å². The van der Waals surface area contributed by atoms with Crippen LogP contribution in [0.15, 0.2) is 132 Å². The molecule has 3 amide bonds. The van der Waals surface area contributed by atoms with Crippen LogP contribution < -0.4 is 30.2 Å². The van der Waals surface area contributed by atoms with Crippen LogP contribution in [-0.2, 0) is 9.59 Å². The lowest BCUT2D eigenvalue weighted by atomic mass is 10.1. The summed E-state index contributed by atoms with van der Waals surface area (Å²) in [5.41, 5.74) is 3.84. The highest BCUT2D eigenvalue weighted by atomic mass is 32.2. The number of hydrogen-bond acceptors (Lipinski definition) is 7. The summed E-state index contributed by atoms with van der Waals surface area (Å²) in [6.45, 7) is 1.97. The Bertz CT molecular complexity index is 2000. The van der Waals surface area contributed by atoms with Gasteiger partial charge in [0.15, 0.2) is 11.5 Å². The lowest BCUT2D eigenvalue weighted by Gasteiger charge is -2.18. The molecule has 5 rings (SSSR count). The number of amides is 3. The van der Waals surface area contributed by atoms with Gasteiger partial charge in [-0.1, -0.05) is 66.7 Å². The summed E-state index contributed by atoms with van der Waals surface area (Å²) in [6, 6.07) is 36.2. The van der Waals surface area contributed by atoms with Gasteiger partial charge in [0, 0.05) is 33.5 Å². The van der Waals surface area contributed by atoms with Gasteiger partial charge in [-0.15, -0.1) is 11.8 Å². The van der Waals surface area contributed by atoms with Crippen LogP contribution in [0.5, 0.6) is 17.2 Å². The van der Waals surface area contributed by atoms with Gasteiger partial charge in [-0.3, -0.25) is 14.4 Å². The molecule has 0 spiro atoms. The largest absolute Gasteiger partial charge is 0.496 e. The molecule has 9 nitrogen and oxygen atoms in total. The topological polar surface area (TPSA) is 115 Å². The molecule has 5 aromatic carbocycles. The zero-order chi connectivity index (χ0) is 35.5. The molecule has 0 aliphatic heterocycles. The van der Waals surface area contributed by atoms with E-state index in [1.807, 2.05) is 67.6 Å². The van der Waals surface area contributed by atoms with Crippen LogP contribution in [0, 0.1) is 6.92 Å². The monoisotopic (exact) mass is 687 g/mol. The minimum Gasteiger partial charge on any atom is -0.496 e. The number of ether oxygens (including phenoxy) is 3. The van der Waals surface area contributed by atoms with Gasteiger partial charge < -0.3 is 30.2 Å². The van der Waals surface area contributed by atoms with Crippen molar-refractivity contribution in [2.45, 2.75) is 17.1 Å². The van der Waals surface area contributed by atoms with Crippen LogP contribution in [0.2, 0.25) is 0 Å². The highest BCUT2D eigenvalue weighted by Gasteiger charge is 2.23. The Kier molecular flexibility index (Phi) is 11.9. The van der Waals surface area contributed by atoms with Crippen LogP contribution in [0.3, 0.4) is 0 Å². The van der Waals surface area contributed by atoms with Crippen molar-refractivity contribution in [1.82, 2.24) is 5.32 Å². The number of rotatable bonds is 13. The number of thioether (sulfide) groups is 1. The molecule has 3 N–H and O–H groups in total. The van der Waals surface area contributed by atoms with E-state index in [9.17, 15) is 14.4 Å². The first-order valence-corrected chi connectivity index (χ1v) is 16.5. The van der Waals surface area contributed by atoms with Crippen molar-refractivity contribution in [3.05, 3.63) is 149 Å². The smallest absolute Gasteiger partial charge is 0.272 e. The van der Waals surface area contributed by atoms with Gasteiger partial charge in [-0.2, -0.15) is 0 Å². The van der Waals surface area contributed by atoms with Crippen molar-refractivity contribution in [3.8, 4) is 17.2 Å². The third-order valence-corrected chi connectivity index (χ3v) is 8.78. The molecule has 0 bridgehead atoms. The van der Waals surface area contributed by atoms with Crippen LogP contribution >= 0.6 is 11.8 Å². The molecule has 5 aromatic rings. The molecule has 10 heteroatoms. The highest BCUT2D eigenvalue weighted by Crippen LogP contribution is 2.38. The Hall–Kier alpha value is -6.00. The number of carbonyl (C=O) groups excluding carboxylic acids is 3. The maximum absolute atomic E-state index is 13.9. The third kappa shape index (κ3) is 9.12. The third-order valence-electron chi connectivity index (χ3n) is 7.54. The standard InChI is InChI=1S/C40H37N3O6S/c1-26-13-11-18-30(21-26)42-40(46)37(27-14-7-5-8-15-27)50-32-20-12-19-31(24-32)41-39(45)33(43-38(44)28-16-9-6-10-17-28)22-29-23-35(48-3)36(49-4)25-34(29)47-2/h5-25,37H,1-4H3,(H,41,45)(H,42,46)(H,43,44)/b33-22+. The van der Waals surface area contributed by atoms with E-state index in [-0.39, 0.29) is 11.6 Å². The van der Waals surface area contributed by atoms with Gasteiger partial charge in [0.1, 0.15) is 16.7 Å². The minimum atomic E-state index is -0.583.